The summed E-state index contributed by atoms with van der Waals surface area (Å²) in [5, 5.41) is 7.55. The highest BCUT2D eigenvalue weighted by Gasteiger charge is 2.21. The van der Waals surface area contributed by atoms with E-state index in [-0.39, 0.29) is 11.6 Å². The lowest BCUT2D eigenvalue weighted by Crippen LogP contribution is -2.05. The van der Waals surface area contributed by atoms with E-state index in [1.54, 1.807) is 7.05 Å². The standard InChI is InChI=1S/C17H16N4O3/c1-11-4-5-13(10-18-11)12-6-8-14(9-7-12)24-16-15(17(22)23-3)19-20-21(16)2/h4-10H,1-3H3. The number of ether oxygens (including phenoxy) is 2. The second kappa shape index (κ2) is 6.49. The number of methoxy groups -OCH3 is 1. The Morgan fingerprint density at radius 2 is 1.79 bits per heavy atom. The van der Waals surface area contributed by atoms with Gasteiger partial charge in [-0.3, -0.25) is 4.98 Å². The largest absolute Gasteiger partial charge is 0.464 e. The molecule has 3 aromatic rings. The molecule has 0 radical (unpaired) electrons. The van der Waals surface area contributed by atoms with Gasteiger partial charge < -0.3 is 9.47 Å². The van der Waals surface area contributed by atoms with Crippen LogP contribution in [0, 0.1) is 6.92 Å². The third kappa shape index (κ3) is 3.10. The van der Waals surface area contributed by atoms with E-state index in [4.69, 9.17) is 4.74 Å². The molecule has 7 heteroatoms. The summed E-state index contributed by atoms with van der Waals surface area (Å²) in [7, 11) is 2.92. The topological polar surface area (TPSA) is 79.1 Å². The van der Waals surface area contributed by atoms with Gasteiger partial charge in [0.05, 0.1) is 7.11 Å². The molecule has 0 bridgehead atoms. The van der Waals surface area contributed by atoms with Crippen LogP contribution in [-0.2, 0) is 11.8 Å². The molecule has 0 saturated carbocycles. The van der Waals surface area contributed by atoms with Gasteiger partial charge in [0.1, 0.15) is 5.75 Å². The highest BCUT2D eigenvalue weighted by atomic mass is 16.5. The van der Waals surface area contributed by atoms with Crippen molar-refractivity contribution in [2.45, 2.75) is 6.92 Å². The number of pyridine rings is 1. The lowest BCUT2D eigenvalue weighted by Gasteiger charge is -2.08. The van der Waals surface area contributed by atoms with Crippen molar-refractivity contribution in [3.8, 4) is 22.8 Å². The SMILES string of the molecule is COC(=O)c1nnn(C)c1Oc1ccc(-c2ccc(C)nc2)cc1. The summed E-state index contributed by atoms with van der Waals surface area (Å²) < 4.78 is 11.8. The fourth-order valence-electron chi connectivity index (χ4n) is 2.15. The minimum absolute atomic E-state index is 0.0341. The van der Waals surface area contributed by atoms with Crippen LogP contribution in [0.3, 0.4) is 0 Å². The van der Waals surface area contributed by atoms with Gasteiger partial charge in [0.15, 0.2) is 0 Å². The fourth-order valence-corrected chi connectivity index (χ4v) is 2.15. The molecule has 24 heavy (non-hydrogen) atoms. The normalized spacial score (nSPS) is 10.5. The lowest BCUT2D eigenvalue weighted by molar-refractivity contribution is 0.0591. The third-order valence-corrected chi connectivity index (χ3v) is 3.47. The minimum Gasteiger partial charge on any atom is -0.464 e. The Morgan fingerprint density at radius 3 is 2.42 bits per heavy atom. The molecule has 0 spiro atoms. The van der Waals surface area contributed by atoms with Gasteiger partial charge in [-0.2, -0.15) is 0 Å². The van der Waals surface area contributed by atoms with Crippen molar-refractivity contribution < 1.29 is 14.3 Å². The van der Waals surface area contributed by atoms with Gasteiger partial charge in [0.2, 0.25) is 5.69 Å². The molecule has 122 valence electrons. The maximum Gasteiger partial charge on any atom is 0.364 e. The Bertz CT molecular complexity index is 855. The van der Waals surface area contributed by atoms with Gasteiger partial charge in [-0.15, -0.1) is 5.10 Å². The molecule has 0 unspecified atom stereocenters. The third-order valence-electron chi connectivity index (χ3n) is 3.47. The molecule has 0 aliphatic rings. The summed E-state index contributed by atoms with van der Waals surface area (Å²) in [5.41, 5.74) is 3.04. The van der Waals surface area contributed by atoms with E-state index in [1.807, 2.05) is 49.5 Å². The molecule has 0 aliphatic carbocycles. The van der Waals surface area contributed by atoms with E-state index in [0.29, 0.717) is 5.75 Å². The van der Waals surface area contributed by atoms with Crippen molar-refractivity contribution in [3.63, 3.8) is 0 Å². The zero-order chi connectivity index (χ0) is 17.1. The monoisotopic (exact) mass is 324 g/mol. The Labute approximate surface area is 138 Å². The van der Waals surface area contributed by atoms with Gasteiger partial charge >= 0.3 is 5.97 Å². The Balaban J connectivity index is 1.84. The van der Waals surface area contributed by atoms with Crippen molar-refractivity contribution in [2.24, 2.45) is 7.05 Å². The molecule has 7 nitrogen and oxygen atoms in total. The summed E-state index contributed by atoms with van der Waals surface area (Å²) in [6, 6.07) is 11.4. The van der Waals surface area contributed by atoms with Crippen LogP contribution in [0.25, 0.3) is 11.1 Å². The molecule has 1 aromatic carbocycles. The molecular weight excluding hydrogens is 308 g/mol. The molecule has 0 aliphatic heterocycles. The van der Waals surface area contributed by atoms with E-state index in [0.717, 1.165) is 16.8 Å². The highest BCUT2D eigenvalue weighted by Crippen LogP contribution is 2.27. The summed E-state index contributed by atoms with van der Waals surface area (Å²) in [4.78, 5) is 16.0. The summed E-state index contributed by atoms with van der Waals surface area (Å²) >= 11 is 0. The van der Waals surface area contributed by atoms with Crippen molar-refractivity contribution >= 4 is 5.97 Å². The molecule has 3 rings (SSSR count). The van der Waals surface area contributed by atoms with Gasteiger partial charge in [0, 0.05) is 24.5 Å². The first-order chi connectivity index (χ1) is 11.6. The maximum absolute atomic E-state index is 11.7. The smallest absolute Gasteiger partial charge is 0.364 e. The molecule has 0 fully saturated rings. The number of hydrogen-bond acceptors (Lipinski definition) is 6. The van der Waals surface area contributed by atoms with E-state index in [1.165, 1.54) is 11.8 Å². The van der Waals surface area contributed by atoms with E-state index < -0.39 is 5.97 Å². The number of esters is 1. The van der Waals surface area contributed by atoms with Gasteiger partial charge in [-0.25, -0.2) is 9.48 Å². The summed E-state index contributed by atoms with van der Waals surface area (Å²) in [6.07, 6.45) is 1.82. The number of carbonyl (C=O) groups excluding carboxylic acids is 1. The first kappa shape index (κ1) is 15.7. The van der Waals surface area contributed by atoms with Crippen LogP contribution in [0.1, 0.15) is 16.2 Å². The van der Waals surface area contributed by atoms with Gasteiger partial charge in [-0.05, 0) is 30.7 Å². The van der Waals surface area contributed by atoms with Crippen LogP contribution in [0.5, 0.6) is 11.6 Å². The Kier molecular flexibility index (Phi) is 4.24. The number of rotatable bonds is 4. The zero-order valence-corrected chi connectivity index (χ0v) is 13.6. The van der Waals surface area contributed by atoms with Crippen LogP contribution in [0.15, 0.2) is 42.6 Å². The first-order valence-corrected chi connectivity index (χ1v) is 7.27. The van der Waals surface area contributed by atoms with E-state index in [9.17, 15) is 4.79 Å². The van der Waals surface area contributed by atoms with E-state index >= 15 is 0 Å². The maximum atomic E-state index is 11.7. The number of aromatic nitrogens is 4. The predicted molar refractivity (Wildman–Crippen MR) is 86.8 cm³/mol. The lowest BCUT2D eigenvalue weighted by atomic mass is 10.1. The summed E-state index contributed by atoms with van der Waals surface area (Å²) in [5.74, 6) is 0.196. The van der Waals surface area contributed by atoms with Crippen molar-refractivity contribution in [1.29, 1.82) is 0 Å². The molecule has 0 atom stereocenters. The van der Waals surface area contributed by atoms with Crippen LogP contribution in [0.4, 0.5) is 0 Å². The number of nitrogens with zero attached hydrogens (tertiary/aromatic N) is 4. The summed E-state index contributed by atoms with van der Waals surface area (Å²) in [6.45, 7) is 1.95. The molecule has 2 heterocycles. The van der Waals surface area contributed by atoms with Gasteiger partial charge in [0.25, 0.3) is 5.88 Å². The fraction of sp³-hybridized carbons (Fsp3) is 0.176. The molecular formula is C17H16N4O3. The second-order valence-electron chi connectivity index (χ2n) is 5.17. The van der Waals surface area contributed by atoms with Crippen LogP contribution in [0.2, 0.25) is 0 Å². The van der Waals surface area contributed by atoms with Crippen LogP contribution < -0.4 is 4.74 Å². The van der Waals surface area contributed by atoms with Gasteiger partial charge in [-0.1, -0.05) is 23.4 Å². The van der Waals surface area contributed by atoms with Crippen molar-refractivity contribution in [3.05, 3.63) is 54.0 Å². The first-order valence-electron chi connectivity index (χ1n) is 7.27. The van der Waals surface area contributed by atoms with Crippen LogP contribution >= 0.6 is 0 Å². The zero-order valence-electron chi connectivity index (χ0n) is 13.6. The molecule has 0 saturated heterocycles. The number of aryl methyl sites for hydroxylation is 2. The second-order valence-corrected chi connectivity index (χ2v) is 5.17. The predicted octanol–water partition coefficient (Wildman–Crippen LogP) is 2.76. The highest BCUT2D eigenvalue weighted by molar-refractivity contribution is 5.89. The minimum atomic E-state index is -0.597. The van der Waals surface area contributed by atoms with Crippen molar-refractivity contribution in [2.75, 3.05) is 7.11 Å². The Morgan fingerprint density at radius 1 is 1.08 bits per heavy atom. The van der Waals surface area contributed by atoms with E-state index in [2.05, 4.69) is 20.0 Å². The number of benzene rings is 1. The van der Waals surface area contributed by atoms with Crippen LogP contribution in [-0.4, -0.2) is 33.1 Å². The molecule has 0 N–H and O–H groups in total. The average molecular weight is 324 g/mol. The Hall–Kier alpha value is -3.22. The van der Waals surface area contributed by atoms with Crippen molar-refractivity contribution in [1.82, 2.24) is 20.0 Å². The number of hydrogen-bond donors (Lipinski definition) is 0. The molecule has 0 amide bonds. The quantitative estimate of drug-likeness (QED) is 0.687. The molecule has 2 aromatic heterocycles. The average Bonchev–Trinajstić information content (AvgIpc) is 2.96. The number of carbonyl (C=O) groups is 1.